The van der Waals surface area contributed by atoms with Gasteiger partial charge in [0, 0.05) is 19.5 Å². The molecule has 0 saturated carbocycles. The van der Waals surface area contributed by atoms with Gasteiger partial charge in [-0.15, -0.1) is 0 Å². The van der Waals surface area contributed by atoms with E-state index in [0.717, 1.165) is 16.9 Å². The second-order valence-corrected chi connectivity index (χ2v) is 7.40. The number of piperazine rings is 1. The van der Waals surface area contributed by atoms with E-state index in [1.165, 1.54) is 6.92 Å². The monoisotopic (exact) mass is 386 g/mol. The fraction of sp³-hybridized carbons (Fsp3) is 0.706. The first kappa shape index (κ1) is 22.4. The number of esters is 1. The van der Waals surface area contributed by atoms with Gasteiger partial charge >= 0.3 is 18.0 Å². The normalized spacial score (nSPS) is 20.3. The molecule has 1 heterocycles. The van der Waals surface area contributed by atoms with E-state index in [1.807, 2.05) is 0 Å². The molecule has 0 aliphatic carbocycles. The van der Waals surface area contributed by atoms with Gasteiger partial charge in [0.2, 0.25) is 5.91 Å². The van der Waals surface area contributed by atoms with Crippen LogP contribution in [0.3, 0.4) is 0 Å². The van der Waals surface area contributed by atoms with Gasteiger partial charge in [-0.25, -0.2) is 9.69 Å². The van der Waals surface area contributed by atoms with Gasteiger partial charge in [0.15, 0.2) is 0 Å². The van der Waals surface area contributed by atoms with Crippen LogP contribution < -0.4 is 0 Å². The summed E-state index contributed by atoms with van der Waals surface area (Å²) in [7, 11) is 1.14. The molecule has 1 N–H and O–H groups in total. The third-order valence-corrected chi connectivity index (χ3v) is 4.03. The van der Waals surface area contributed by atoms with Crippen LogP contribution in [0.5, 0.6) is 0 Å². The van der Waals surface area contributed by atoms with Crippen LogP contribution in [0, 0.1) is 0 Å². The van der Waals surface area contributed by atoms with E-state index in [9.17, 15) is 24.0 Å². The van der Waals surface area contributed by atoms with Crippen LogP contribution in [0.2, 0.25) is 0 Å². The molecule has 0 aromatic heterocycles. The average Bonchev–Trinajstić information content (AvgIpc) is 2.53. The van der Waals surface area contributed by atoms with Crippen molar-refractivity contribution in [1.29, 1.82) is 0 Å². The number of nitrogens with zero attached hydrogens (tertiary/aromatic N) is 2. The zero-order valence-corrected chi connectivity index (χ0v) is 16.2. The van der Waals surface area contributed by atoms with Crippen molar-refractivity contribution in [2.24, 2.45) is 0 Å². The van der Waals surface area contributed by atoms with Gasteiger partial charge in [-0.1, -0.05) is 0 Å². The summed E-state index contributed by atoms with van der Waals surface area (Å²) in [5.74, 6) is -3.28. The first-order valence-corrected chi connectivity index (χ1v) is 8.46. The first-order chi connectivity index (χ1) is 12.3. The molecule has 152 valence electrons. The number of ether oxygens (including phenoxy) is 2. The number of imide groups is 1. The Kier molecular flexibility index (Phi) is 6.93. The highest BCUT2D eigenvalue weighted by Gasteiger charge is 2.51. The van der Waals surface area contributed by atoms with Crippen molar-refractivity contribution < 1.29 is 38.6 Å². The van der Waals surface area contributed by atoms with E-state index >= 15 is 0 Å². The number of hydrogen-bond donors (Lipinski definition) is 1. The number of aliphatic carboxylic acids is 1. The molecule has 1 fully saturated rings. The fourth-order valence-electron chi connectivity index (χ4n) is 2.72. The number of rotatable bonds is 5. The van der Waals surface area contributed by atoms with E-state index < -0.39 is 53.8 Å². The van der Waals surface area contributed by atoms with E-state index in [1.54, 1.807) is 20.8 Å². The molecule has 10 nitrogen and oxygen atoms in total. The summed E-state index contributed by atoms with van der Waals surface area (Å²) in [6, 6.07) is 0. The minimum atomic E-state index is -1.68. The Morgan fingerprint density at radius 3 is 2.22 bits per heavy atom. The molecule has 1 aliphatic heterocycles. The third kappa shape index (κ3) is 5.66. The topological polar surface area (TPSA) is 131 Å². The zero-order chi connectivity index (χ0) is 21.0. The number of methoxy groups -OCH3 is 1. The number of carboxylic acid groups (broad SMARTS) is 1. The summed E-state index contributed by atoms with van der Waals surface area (Å²) in [4.78, 5) is 62.3. The molecular formula is C17H26N2O8. The standard InChI is InChI=1S/C17H26N2O8/c1-16(2,3)27-15(25)18-8-9-19(11(20)6-7-12(21)22)17(4,14(18)24)10-13(23)26-5/h6-10H2,1-5H3,(H,21,22). The second-order valence-electron chi connectivity index (χ2n) is 7.40. The highest BCUT2D eigenvalue weighted by molar-refractivity contribution is 6.02. The Hall–Kier alpha value is -2.65. The molecule has 0 radical (unpaired) electrons. The minimum absolute atomic E-state index is 0.0447. The number of hydrogen-bond acceptors (Lipinski definition) is 7. The summed E-state index contributed by atoms with van der Waals surface area (Å²) in [6.45, 7) is 6.12. The number of carboxylic acids is 1. The van der Waals surface area contributed by atoms with Gasteiger partial charge in [-0.3, -0.25) is 19.2 Å². The van der Waals surface area contributed by atoms with Crippen molar-refractivity contribution in [1.82, 2.24) is 9.80 Å². The SMILES string of the molecule is COC(=O)CC1(C)C(=O)N(C(=O)OC(C)(C)C)CCN1C(=O)CCC(=O)O. The summed E-state index contributed by atoms with van der Waals surface area (Å²) in [5.41, 5.74) is -2.51. The van der Waals surface area contributed by atoms with Gasteiger partial charge < -0.3 is 19.5 Å². The molecule has 0 spiro atoms. The van der Waals surface area contributed by atoms with Crippen LogP contribution in [0.4, 0.5) is 4.79 Å². The van der Waals surface area contributed by atoms with Crippen LogP contribution in [0.15, 0.2) is 0 Å². The quantitative estimate of drug-likeness (QED) is 0.686. The van der Waals surface area contributed by atoms with E-state index in [-0.39, 0.29) is 19.5 Å². The molecule has 1 unspecified atom stereocenters. The maximum absolute atomic E-state index is 13.0. The Balaban J connectivity index is 3.13. The zero-order valence-electron chi connectivity index (χ0n) is 16.2. The average molecular weight is 386 g/mol. The molecule has 0 bridgehead atoms. The maximum atomic E-state index is 13.0. The largest absolute Gasteiger partial charge is 0.481 e. The molecule has 0 aromatic carbocycles. The molecule has 0 aromatic rings. The van der Waals surface area contributed by atoms with Crippen LogP contribution in [0.1, 0.15) is 47.0 Å². The predicted octanol–water partition coefficient (Wildman–Crippen LogP) is 0.779. The van der Waals surface area contributed by atoms with Crippen molar-refractivity contribution in [2.75, 3.05) is 20.2 Å². The highest BCUT2D eigenvalue weighted by atomic mass is 16.6. The Bertz CT molecular complexity index is 639. The summed E-state index contributed by atoms with van der Waals surface area (Å²) < 4.78 is 9.83. The Morgan fingerprint density at radius 1 is 1.15 bits per heavy atom. The first-order valence-electron chi connectivity index (χ1n) is 8.46. The van der Waals surface area contributed by atoms with Crippen LogP contribution in [0.25, 0.3) is 0 Å². The predicted molar refractivity (Wildman–Crippen MR) is 91.6 cm³/mol. The summed E-state index contributed by atoms with van der Waals surface area (Å²) in [6.07, 6.45) is -2.08. The molecule has 1 saturated heterocycles. The van der Waals surface area contributed by atoms with Gasteiger partial charge in [0.05, 0.1) is 20.0 Å². The van der Waals surface area contributed by atoms with Crippen molar-refractivity contribution in [3.05, 3.63) is 0 Å². The fourth-order valence-corrected chi connectivity index (χ4v) is 2.72. The molecule has 1 atom stereocenters. The van der Waals surface area contributed by atoms with Gasteiger partial charge in [-0.2, -0.15) is 0 Å². The third-order valence-electron chi connectivity index (χ3n) is 4.03. The van der Waals surface area contributed by atoms with Crippen molar-refractivity contribution in [3.8, 4) is 0 Å². The van der Waals surface area contributed by atoms with E-state index in [4.69, 9.17) is 9.84 Å². The lowest BCUT2D eigenvalue weighted by Crippen LogP contribution is -2.67. The van der Waals surface area contributed by atoms with Crippen LogP contribution in [-0.2, 0) is 28.7 Å². The lowest BCUT2D eigenvalue weighted by Gasteiger charge is -2.46. The van der Waals surface area contributed by atoms with Crippen LogP contribution >= 0.6 is 0 Å². The lowest BCUT2D eigenvalue weighted by molar-refractivity contribution is -0.164. The van der Waals surface area contributed by atoms with Crippen LogP contribution in [-0.4, -0.2) is 76.1 Å². The molecule has 1 rings (SSSR count). The Labute approximate surface area is 157 Å². The molecule has 1 aliphatic rings. The van der Waals surface area contributed by atoms with Crippen molar-refractivity contribution in [3.63, 3.8) is 0 Å². The molecular weight excluding hydrogens is 360 g/mol. The summed E-state index contributed by atoms with van der Waals surface area (Å²) >= 11 is 0. The Morgan fingerprint density at radius 2 is 1.74 bits per heavy atom. The van der Waals surface area contributed by atoms with E-state index in [0.29, 0.717) is 0 Å². The van der Waals surface area contributed by atoms with Crippen molar-refractivity contribution in [2.45, 2.75) is 58.1 Å². The van der Waals surface area contributed by atoms with Crippen molar-refractivity contribution >= 4 is 29.8 Å². The number of carbonyl (C=O) groups excluding carboxylic acids is 4. The summed E-state index contributed by atoms with van der Waals surface area (Å²) in [5, 5.41) is 8.77. The molecule has 27 heavy (non-hydrogen) atoms. The van der Waals surface area contributed by atoms with Gasteiger partial charge in [0.1, 0.15) is 11.1 Å². The minimum Gasteiger partial charge on any atom is -0.481 e. The molecule has 10 heteroatoms. The second kappa shape index (κ2) is 8.36. The number of carbonyl (C=O) groups is 5. The van der Waals surface area contributed by atoms with E-state index in [2.05, 4.69) is 4.74 Å². The van der Waals surface area contributed by atoms with Gasteiger partial charge in [-0.05, 0) is 27.7 Å². The highest BCUT2D eigenvalue weighted by Crippen LogP contribution is 2.29. The van der Waals surface area contributed by atoms with Gasteiger partial charge in [0.25, 0.3) is 5.91 Å². The lowest BCUT2D eigenvalue weighted by atomic mass is 9.90. The number of amides is 3. The maximum Gasteiger partial charge on any atom is 0.417 e. The smallest absolute Gasteiger partial charge is 0.417 e. The molecule has 3 amide bonds.